The zero-order valence-electron chi connectivity index (χ0n) is 18.5. The summed E-state index contributed by atoms with van der Waals surface area (Å²) < 4.78 is 140. The fraction of sp³-hybridized carbons (Fsp3) is 1.00. The van der Waals surface area contributed by atoms with Crippen molar-refractivity contribution >= 4 is 43.8 Å². The van der Waals surface area contributed by atoms with Crippen LogP contribution in [0, 0.1) is 17.8 Å². The van der Waals surface area contributed by atoms with Crippen molar-refractivity contribution in [2.75, 3.05) is 23.0 Å². The van der Waals surface area contributed by atoms with E-state index in [1.807, 2.05) is 0 Å². The fourth-order valence-electron chi connectivity index (χ4n) is 4.10. The van der Waals surface area contributed by atoms with Crippen molar-refractivity contribution < 1.29 is 56.7 Å². The number of hydrogen-bond acceptors (Lipinski definition) is 6. The van der Waals surface area contributed by atoms with E-state index in [0.717, 1.165) is 6.42 Å². The van der Waals surface area contributed by atoms with Crippen LogP contribution in [-0.4, -0.2) is 65.6 Å². The van der Waals surface area contributed by atoms with E-state index in [1.165, 1.54) is 48.7 Å². The molecule has 2 saturated heterocycles. The Kier molecular flexibility index (Phi) is 12.5. The van der Waals surface area contributed by atoms with E-state index in [9.17, 15) is 39.2 Å². The van der Waals surface area contributed by atoms with Crippen LogP contribution < -0.4 is 0 Å². The van der Waals surface area contributed by atoms with Crippen LogP contribution in [0.3, 0.4) is 0 Å². The fourth-order valence-corrected chi connectivity index (χ4v) is 6.63. The quantitative estimate of drug-likeness (QED) is 0.232. The molecule has 3 unspecified atom stereocenters. The Labute approximate surface area is 209 Å². The molecule has 2 saturated carbocycles. The van der Waals surface area contributed by atoms with Gasteiger partial charge in [-0.2, -0.15) is 71.1 Å². The van der Waals surface area contributed by atoms with Crippen LogP contribution in [0.5, 0.6) is 0 Å². The summed E-state index contributed by atoms with van der Waals surface area (Å²) >= 11 is 4.15. The maximum atomic E-state index is 13.6. The van der Waals surface area contributed by atoms with Crippen LogP contribution >= 0.6 is 23.5 Å². The van der Waals surface area contributed by atoms with Gasteiger partial charge in [0.1, 0.15) is 0 Å². The van der Waals surface area contributed by atoms with Crippen LogP contribution in [0.15, 0.2) is 0 Å². The summed E-state index contributed by atoms with van der Waals surface area (Å²) in [5, 5.41) is -5.41. The molecule has 35 heavy (non-hydrogen) atoms. The van der Waals surface area contributed by atoms with Gasteiger partial charge in [0.05, 0.1) is 0 Å². The molecule has 2 heterocycles. The highest BCUT2D eigenvalue weighted by atomic mass is 32.2. The van der Waals surface area contributed by atoms with Crippen molar-refractivity contribution in [3.05, 3.63) is 0 Å². The maximum Gasteiger partial charge on any atom is 0.522 e. The Balaban J connectivity index is 0.000000279. The molecule has 0 aromatic rings. The SMILES string of the molecule is C1CCSC1.C1CCSC1.O=S(=O)(O)C(F)(F)C(F)(F)C1CC2CCC1C2.O=S(=O)(O)C(F)(F)F. The lowest BCUT2D eigenvalue weighted by molar-refractivity contribution is -0.202. The summed E-state index contributed by atoms with van der Waals surface area (Å²) in [6, 6.07) is 0. The largest absolute Gasteiger partial charge is 0.522 e. The molecule has 2 aliphatic carbocycles. The van der Waals surface area contributed by atoms with Crippen molar-refractivity contribution in [2.45, 2.75) is 68.1 Å². The van der Waals surface area contributed by atoms with Gasteiger partial charge in [0.2, 0.25) is 0 Å². The van der Waals surface area contributed by atoms with E-state index < -0.39 is 48.8 Å². The summed E-state index contributed by atoms with van der Waals surface area (Å²) in [7, 11) is -11.9. The van der Waals surface area contributed by atoms with E-state index in [-0.39, 0.29) is 12.3 Å². The van der Waals surface area contributed by atoms with Gasteiger partial charge >= 0.3 is 36.9 Å². The molecule has 0 aromatic carbocycles. The first kappa shape index (κ1) is 33.1. The molecule has 2 aliphatic heterocycles. The molecule has 4 aliphatic rings. The van der Waals surface area contributed by atoms with Gasteiger partial charge in [-0.3, -0.25) is 9.11 Å². The predicted molar refractivity (Wildman–Crippen MR) is 121 cm³/mol. The Morgan fingerprint density at radius 1 is 0.657 bits per heavy atom. The lowest BCUT2D eigenvalue weighted by atomic mass is 9.84. The summed E-state index contributed by atoms with van der Waals surface area (Å²) in [5.41, 5.74) is -5.53. The van der Waals surface area contributed by atoms with Gasteiger partial charge in [0, 0.05) is 5.92 Å². The smallest absolute Gasteiger partial charge is 0.281 e. The molecule has 3 atom stereocenters. The van der Waals surface area contributed by atoms with E-state index in [0.29, 0.717) is 12.8 Å². The second-order valence-corrected chi connectivity index (χ2v) is 13.8. The Hall–Kier alpha value is 0.0300. The first-order valence-corrected chi connectivity index (χ1v) is 15.9. The molecule has 4 rings (SSSR count). The standard InChI is InChI=1S/C9H12F4O3S.2C4H8S.CHF3O3S/c10-8(11,9(12,13)17(14,15)16)7-4-5-1-2-6(7)3-5;2*1-2-4-5-3-1;2-1(3,4)8(5,6)7/h5-7H,1-4H2,(H,14,15,16);2*1-4H2;(H,5,6,7). The van der Waals surface area contributed by atoms with Gasteiger partial charge < -0.3 is 0 Å². The summed E-state index contributed by atoms with van der Waals surface area (Å²) in [6.45, 7) is 0. The highest BCUT2D eigenvalue weighted by molar-refractivity contribution is 7.99. The number of alkyl halides is 7. The molecule has 17 heteroatoms. The molecular weight excluding hydrogens is 573 g/mol. The maximum absolute atomic E-state index is 13.6. The zero-order valence-corrected chi connectivity index (χ0v) is 21.8. The van der Waals surface area contributed by atoms with Gasteiger partial charge in [-0.15, -0.1) is 0 Å². The van der Waals surface area contributed by atoms with Crippen LogP contribution in [-0.2, 0) is 20.2 Å². The van der Waals surface area contributed by atoms with Crippen molar-refractivity contribution in [1.82, 2.24) is 0 Å². The second-order valence-electron chi connectivity index (χ2n) is 8.46. The van der Waals surface area contributed by atoms with E-state index in [1.54, 1.807) is 0 Å². The van der Waals surface area contributed by atoms with E-state index in [4.69, 9.17) is 17.5 Å². The minimum Gasteiger partial charge on any atom is -0.281 e. The molecule has 210 valence electrons. The van der Waals surface area contributed by atoms with Crippen LogP contribution in [0.2, 0.25) is 0 Å². The lowest BCUT2D eigenvalue weighted by Gasteiger charge is -2.33. The third-order valence-corrected chi connectivity index (χ3v) is 9.68. The van der Waals surface area contributed by atoms with Crippen molar-refractivity contribution in [2.24, 2.45) is 17.8 Å². The van der Waals surface area contributed by atoms with Gasteiger partial charge in [0.15, 0.2) is 0 Å². The zero-order chi connectivity index (χ0) is 27.1. The molecule has 2 bridgehead atoms. The number of hydrogen-bond donors (Lipinski definition) is 2. The van der Waals surface area contributed by atoms with Gasteiger partial charge in [-0.1, -0.05) is 6.42 Å². The normalized spacial score (nSPS) is 26.7. The molecule has 0 spiro atoms. The third kappa shape index (κ3) is 9.69. The number of thioether (sulfide) groups is 2. The molecule has 0 aromatic heterocycles. The Bertz CT molecular complexity index is 832. The minimum absolute atomic E-state index is 0.0203. The average Bonchev–Trinajstić information content (AvgIpc) is 3.54. The third-order valence-electron chi connectivity index (χ3n) is 5.86. The summed E-state index contributed by atoms with van der Waals surface area (Å²) in [5.74, 6) is -1.28. The summed E-state index contributed by atoms with van der Waals surface area (Å²) in [6.07, 6.45) is 7.36. The number of rotatable bonds is 3. The molecule has 6 nitrogen and oxygen atoms in total. The van der Waals surface area contributed by atoms with Gasteiger partial charge in [-0.05, 0) is 79.8 Å². The van der Waals surface area contributed by atoms with Gasteiger partial charge in [-0.25, -0.2) is 0 Å². The summed E-state index contributed by atoms with van der Waals surface area (Å²) in [4.78, 5) is 0. The Morgan fingerprint density at radius 2 is 1.06 bits per heavy atom. The first-order chi connectivity index (χ1) is 15.8. The van der Waals surface area contributed by atoms with Crippen molar-refractivity contribution in [3.8, 4) is 0 Å². The van der Waals surface area contributed by atoms with Crippen molar-refractivity contribution in [3.63, 3.8) is 0 Å². The van der Waals surface area contributed by atoms with Crippen LogP contribution in [0.1, 0.15) is 51.4 Å². The Morgan fingerprint density at radius 3 is 1.26 bits per heavy atom. The average molecular weight is 603 g/mol. The molecule has 0 radical (unpaired) electrons. The van der Waals surface area contributed by atoms with E-state index in [2.05, 4.69) is 23.5 Å². The molecular formula is C18H29F7O6S4. The lowest BCUT2D eigenvalue weighted by Crippen LogP contribution is -2.52. The topological polar surface area (TPSA) is 109 Å². The molecule has 2 N–H and O–H groups in total. The monoisotopic (exact) mass is 602 g/mol. The number of fused-ring (bicyclic) bond motifs is 2. The second kappa shape index (κ2) is 13.2. The highest BCUT2D eigenvalue weighted by Gasteiger charge is 2.71. The molecule has 0 amide bonds. The van der Waals surface area contributed by atoms with Crippen molar-refractivity contribution in [1.29, 1.82) is 0 Å². The van der Waals surface area contributed by atoms with Crippen LogP contribution in [0.4, 0.5) is 30.7 Å². The number of halogens is 7. The highest BCUT2D eigenvalue weighted by Crippen LogP contribution is 2.58. The predicted octanol–water partition coefficient (Wildman–Crippen LogP) is 5.96. The first-order valence-electron chi connectivity index (χ1n) is 10.7. The van der Waals surface area contributed by atoms with E-state index >= 15 is 0 Å². The molecule has 4 fully saturated rings. The minimum atomic E-state index is -6.10. The van der Waals surface area contributed by atoms with Crippen LogP contribution in [0.25, 0.3) is 0 Å². The van der Waals surface area contributed by atoms with Gasteiger partial charge in [0.25, 0.3) is 0 Å².